The minimum atomic E-state index is -3.72. The third-order valence-electron chi connectivity index (χ3n) is 6.10. The zero-order valence-electron chi connectivity index (χ0n) is 18.2. The lowest BCUT2D eigenvalue weighted by molar-refractivity contribution is 0.0746. The van der Waals surface area contributed by atoms with E-state index >= 15 is 0 Å². The summed E-state index contributed by atoms with van der Waals surface area (Å²) in [6.07, 6.45) is 2.71. The minimum absolute atomic E-state index is 0.0135. The zero-order chi connectivity index (χ0) is 22.7. The highest BCUT2D eigenvalue weighted by atomic mass is 35.5. The number of piperazine rings is 1. The first kappa shape index (κ1) is 22.9. The molecule has 0 saturated carbocycles. The summed E-state index contributed by atoms with van der Waals surface area (Å²) in [5.41, 5.74) is 1.35. The quantitative estimate of drug-likeness (QED) is 0.659. The van der Waals surface area contributed by atoms with Gasteiger partial charge in [-0.1, -0.05) is 30.2 Å². The highest BCUT2D eigenvalue weighted by Crippen LogP contribution is 2.30. The van der Waals surface area contributed by atoms with Crippen molar-refractivity contribution in [2.24, 2.45) is 0 Å². The lowest BCUT2D eigenvalue weighted by Gasteiger charge is -2.36. The summed E-state index contributed by atoms with van der Waals surface area (Å²) < 4.78 is 33.2. The fourth-order valence-corrected chi connectivity index (χ4v) is 6.32. The Bertz CT molecular complexity index is 1080. The average Bonchev–Trinajstić information content (AvgIpc) is 2.84. The summed E-state index contributed by atoms with van der Waals surface area (Å²) in [5, 5.41) is 0.146. The second-order valence-electron chi connectivity index (χ2n) is 8.06. The topological polar surface area (TPSA) is 70.2 Å². The van der Waals surface area contributed by atoms with E-state index in [1.807, 2.05) is 24.3 Å². The Balaban J connectivity index is 1.49. The molecule has 0 unspecified atom stereocenters. The van der Waals surface area contributed by atoms with Crippen molar-refractivity contribution in [3.8, 4) is 5.75 Å². The van der Waals surface area contributed by atoms with E-state index in [2.05, 4.69) is 4.90 Å². The molecule has 7 nitrogen and oxygen atoms in total. The van der Waals surface area contributed by atoms with Crippen LogP contribution in [0.5, 0.6) is 5.75 Å². The molecule has 0 N–H and O–H groups in total. The van der Waals surface area contributed by atoms with E-state index in [-0.39, 0.29) is 15.8 Å². The van der Waals surface area contributed by atoms with Crippen molar-refractivity contribution in [3.63, 3.8) is 0 Å². The lowest BCUT2D eigenvalue weighted by atomic mass is 10.1. The van der Waals surface area contributed by atoms with Gasteiger partial charge in [0.2, 0.25) is 10.0 Å². The van der Waals surface area contributed by atoms with Gasteiger partial charge >= 0.3 is 0 Å². The molecule has 2 aliphatic heterocycles. The van der Waals surface area contributed by atoms with Crippen molar-refractivity contribution < 1.29 is 17.9 Å². The van der Waals surface area contributed by atoms with Gasteiger partial charge in [0.15, 0.2) is 0 Å². The Hall–Kier alpha value is -2.29. The molecule has 1 amide bonds. The Morgan fingerprint density at radius 3 is 2.31 bits per heavy atom. The summed E-state index contributed by atoms with van der Waals surface area (Å²) in [6.45, 7) is 3.38. The number of hydrogen-bond donors (Lipinski definition) is 0. The number of halogens is 1. The van der Waals surface area contributed by atoms with Crippen LogP contribution in [0, 0.1) is 0 Å². The van der Waals surface area contributed by atoms with Gasteiger partial charge < -0.3 is 14.5 Å². The standard InChI is InChI=1S/C23H28ClN3O4S/c1-31-21-8-4-3-7-20(21)25-13-15-26(16-14-25)23(28)18-9-10-19(24)22(17-18)32(29,30)27-11-5-2-6-12-27/h3-4,7-10,17H,2,5-6,11-16H2,1H3. The highest BCUT2D eigenvalue weighted by molar-refractivity contribution is 7.89. The second-order valence-corrected chi connectivity index (χ2v) is 10.4. The fraction of sp³-hybridized carbons (Fsp3) is 0.435. The zero-order valence-corrected chi connectivity index (χ0v) is 19.7. The van der Waals surface area contributed by atoms with Crippen LogP contribution in [-0.2, 0) is 10.0 Å². The first-order chi connectivity index (χ1) is 15.4. The van der Waals surface area contributed by atoms with Gasteiger partial charge in [0, 0.05) is 44.8 Å². The maximum absolute atomic E-state index is 13.2. The molecule has 2 aromatic carbocycles. The number of hydrogen-bond acceptors (Lipinski definition) is 5. The van der Waals surface area contributed by atoms with Crippen molar-refractivity contribution in [2.75, 3.05) is 51.3 Å². The largest absolute Gasteiger partial charge is 0.495 e. The number of piperidine rings is 1. The summed E-state index contributed by atoms with van der Waals surface area (Å²) in [6, 6.07) is 12.4. The summed E-state index contributed by atoms with van der Waals surface area (Å²) in [4.78, 5) is 17.1. The van der Waals surface area contributed by atoms with Gasteiger partial charge in [0.1, 0.15) is 10.6 Å². The fourth-order valence-electron chi connectivity index (χ4n) is 4.30. The number of amides is 1. The third-order valence-corrected chi connectivity index (χ3v) is 8.48. The number of nitrogens with zero attached hydrogens (tertiary/aromatic N) is 3. The Morgan fingerprint density at radius 2 is 1.62 bits per heavy atom. The Morgan fingerprint density at radius 1 is 0.938 bits per heavy atom. The van der Waals surface area contributed by atoms with Crippen molar-refractivity contribution in [1.29, 1.82) is 0 Å². The molecule has 0 radical (unpaired) electrons. The maximum Gasteiger partial charge on any atom is 0.254 e. The number of sulfonamides is 1. The molecule has 9 heteroatoms. The average molecular weight is 478 g/mol. The molecule has 2 aliphatic rings. The SMILES string of the molecule is COc1ccccc1N1CCN(C(=O)c2ccc(Cl)c(S(=O)(=O)N3CCCCC3)c2)CC1. The van der Waals surface area contributed by atoms with Gasteiger partial charge in [0.05, 0.1) is 17.8 Å². The summed E-state index contributed by atoms with van der Waals surface area (Å²) >= 11 is 6.26. The molecule has 172 valence electrons. The van der Waals surface area contributed by atoms with Crippen LogP contribution in [0.1, 0.15) is 29.6 Å². The normalized spacial score (nSPS) is 17.9. The van der Waals surface area contributed by atoms with E-state index in [0.29, 0.717) is 44.8 Å². The van der Waals surface area contributed by atoms with E-state index in [1.54, 1.807) is 18.1 Å². The van der Waals surface area contributed by atoms with Gasteiger partial charge in [-0.05, 0) is 43.2 Å². The molecule has 2 saturated heterocycles. The molecule has 2 aromatic rings. The van der Waals surface area contributed by atoms with Gasteiger partial charge in [0.25, 0.3) is 5.91 Å². The molecule has 2 heterocycles. The van der Waals surface area contributed by atoms with Gasteiger partial charge in [-0.3, -0.25) is 4.79 Å². The van der Waals surface area contributed by atoms with Crippen LogP contribution in [0.4, 0.5) is 5.69 Å². The number of anilines is 1. The van der Waals surface area contributed by atoms with E-state index in [4.69, 9.17) is 16.3 Å². The first-order valence-electron chi connectivity index (χ1n) is 10.9. The van der Waals surface area contributed by atoms with E-state index in [1.165, 1.54) is 16.4 Å². The van der Waals surface area contributed by atoms with Gasteiger partial charge in [-0.2, -0.15) is 4.31 Å². The molecule has 0 atom stereocenters. The van der Waals surface area contributed by atoms with Crippen molar-refractivity contribution in [3.05, 3.63) is 53.1 Å². The summed E-state index contributed by atoms with van der Waals surface area (Å²) in [5.74, 6) is 0.619. The van der Waals surface area contributed by atoms with Crippen LogP contribution >= 0.6 is 11.6 Å². The molecular formula is C23H28ClN3O4S. The van der Waals surface area contributed by atoms with E-state index in [9.17, 15) is 13.2 Å². The molecule has 2 fully saturated rings. The molecule has 0 bridgehead atoms. The van der Waals surface area contributed by atoms with Crippen molar-refractivity contribution in [1.82, 2.24) is 9.21 Å². The highest BCUT2D eigenvalue weighted by Gasteiger charge is 2.30. The van der Waals surface area contributed by atoms with Crippen LogP contribution in [-0.4, -0.2) is 69.9 Å². The monoisotopic (exact) mass is 477 g/mol. The number of ether oxygens (including phenoxy) is 1. The second kappa shape index (κ2) is 9.68. The number of rotatable bonds is 5. The van der Waals surface area contributed by atoms with Gasteiger partial charge in [-0.15, -0.1) is 0 Å². The predicted molar refractivity (Wildman–Crippen MR) is 125 cm³/mol. The smallest absolute Gasteiger partial charge is 0.254 e. The third kappa shape index (κ3) is 4.58. The first-order valence-corrected chi connectivity index (χ1v) is 12.7. The molecule has 4 rings (SSSR count). The van der Waals surface area contributed by atoms with Crippen LogP contribution in [0.15, 0.2) is 47.4 Å². The molecule has 32 heavy (non-hydrogen) atoms. The molecule has 0 spiro atoms. The van der Waals surface area contributed by atoms with Crippen LogP contribution < -0.4 is 9.64 Å². The number of benzene rings is 2. The van der Waals surface area contributed by atoms with Gasteiger partial charge in [-0.25, -0.2) is 8.42 Å². The van der Waals surface area contributed by atoms with Crippen molar-refractivity contribution >= 4 is 33.2 Å². The maximum atomic E-state index is 13.2. The Labute approximate surface area is 194 Å². The van der Waals surface area contributed by atoms with Crippen molar-refractivity contribution in [2.45, 2.75) is 24.2 Å². The van der Waals surface area contributed by atoms with Crippen LogP contribution in [0.3, 0.4) is 0 Å². The predicted octanol–water partition coefficient (Wildman–Crippen LogP) is 3.49. The number of para-hydroxylation sites is 2. The van der Waals surface area contributed by atoms with E-state index in [0.717, 1.165) is 30.7 Å². The molecule has 0 aliphatic carbocycles. The van der Waals surface area contributed by atoms with Crippen LogP contribution in [0.25, 0.3) is 0 Å². The number of carbonyl (C=O) groups is 1. The summed E-state index contributed by atoms with van der Waals surface area (Å²) in [7, 11) is -2.08. The minimum Gasteiger partial charge on any atom is -0.495 e. The number of methoxy groups -OCH3 is 1. The number of carbonyl (C=O) groups excluding carboxylic acids is 1. The molecule has 0 aromatic heterocycles. The lowest BCUT2D eigenvalue weighted by Crippen LogP contribution is -2.49. The van der Waals surface area contributed by atoms with Crippen LogP contribution in [0.2, 0.25) is 5.02 Å². The van der Waals surface area contributed by atoms with E-state index < -0.39 is 10.0 Å². The molecular weight excluding hydrogens is 450 g/mol. The Kier molecular flexibility index (Phi) is 6.93.